The van der Waals surface area contributed by atoms with Gasteiger partial charge >= 0.3 is 0 Å². The van der Waals surface area contributed by atoms with Gasteiger partial charge in [0.05, 0.1) is 16.7 Å². The van der Waals surface area contributed by atoms with Gasteiger partial charge in [0.15, 0.2) is 5.82 Å². The van der Waals surface area contributed by atoms with Crippen molar-refractivity contribution in [3.63, 3.8) is 0 Å². The lowest BCUT2D eigenvalue weighted by molar-refractivity contribution is 0.0669. The molecule has 2 aliphatic heterocycles. The van der Waals surface area contributed by atoms with Crippen molar-refractivity contribution in [2.45, 2.75) is 38.3 Å². The molecule has 4 aromatic rings. The molecule has 0 bridgehead atoms. The Balaban J connectivity index is 1.26. The maximum absolute atomic E-state index is 13.4. The minimum atomic E-state index is 0.104. The standard InChI is InChI=1S/C31H33N5O/c1-2-35-28-11-10-24(31(37)34-17-15-22-14-16-32-26(22)20-34)18-25(28)33-30(35)29-13-12-27(23-6-4-3-5-7-23)36(29)19-21-8-9-21/h2-7,10-13,18,21-22,26,32H,1,8-9,14-17,19-20H2/t22-,26+/m0/s1. The van der Waals surface area contributed by atoms with Crippen molar-refractivity contribution in [2.24, 2.45) is 11.8 Å². The molecule has 37 heavy (non-hydrogen) atoms. The third-order valence-corrected chi connectivity index (χ3v) is 8.50. The van der Waals surface area contributed by atoms with Gasteiger partial charge in [0.1, 0.15) is 0 Å². The zero-order valence-electron chi connectivity index (χ0n) is 21.1. The van der Waals surface area contributed by atoms with Crippen LogP contribution < -0.4 is 5.32 Å². The second-order valence-corrected chi connectivity index (χ2v) is 10.9. The average molecular weight is 492 g/mol. The van der Waals surface area contributed by atoms with Gasteiger partial charge in [-0.15, -0.1) is 0 Å². The fourth-order valence-electron chi connectivity index (χ4n) is 6.27. The molecule has 2 aromatic carbocycles. The number of fused-ring (bicyclic) bond motifs is 2. The molecule has 7 rings (SSSR count). The Bertz CT molecular complexity index is 1480. The van der Waals surface area contributed by atoms with Crippen LogP contribution in [0.2, 0.25) is 0 Å². The van der Waals surface area contributed by atoms with E-state index in [1.54, 1.807) is 0 Å². The van der Waals surface area contributed by atoms with Crippen LogP contribution in [0.4, 0.5) is 0 Å². The van der Waals surface area contributed by atoms with E-state index in [4.69, 9.17) is 4.98 Å². The van der Waals surface area contributed by atoms with E-state index in [-0.39, 0.29) is 5.91 Å². The average Bonchev–Trinajstić information content (AvgIpc) is 3.32. The predicted molar refractivity (Wildman–Crippen MR) is 148 cm³/mol. The molecule has 1 aliphatic carbocycles. The number of aromatic nitrogens is 3. The molecule has 2 atom stereocenters. The predicted octanol–water partition coefficient (Wildman–Crippen LogP) is 5.51. The van der Waals surface area contributed by atoms with Crippen LogP contribution in [0, 0.1) is 11.8 Å². The van der Waals surface area contributed by atoms with Crippen molar-refractivity contribution in [3.8, 4) is 22.8 Å². The van der Waals surface area contributed by atoms with Crippen LogP contribution in [0.25, 0.3) is 40.0 Å². The van der Waals surface area contributed by atoms with E-state index in [1.807, 2.05) is 29.3 Å². The molecule has 3 fully saturated rings. The van der Waals surface area contributed by atoms with Crippen LogP contribution in [0.3, 0.4) is 0 Å². The smallest absolute Gasteiger partial charge is 0.253 e. The van der Waals surface area contributed by atoms with Gasteiger partial charge in [-0.2, -0.15) is 0 Å². The molecule has 1 N–H and O–H groups in total. The summed E-state index contributed by atoms with van der Waals surface area (Å²) in [5.74, 6) is 2.41. The highest BCUT2D eigenvalue weighted by Gasteiger charge is 2.34. The monoisotopic (exact) mass is 491 g/mol. The molecule has 0 spiro atoms. The summed E-state index contributed by atoms with van der Waals surface area (Å²) in [6, 6.07) is 21.3. The number of nitrogens with zero attached hydrogens (tertiary/aromatic N) is 4. The number of hydrogen-bond donors (Lipinski definition) is 1. The van der Waals surface area contributed by atoms with Crippen molar-refractivity contribution < 1.29 is 4.79 Å². The van der Waals surface area contributed by atoms with Crippen LogP contribution in [-0.4, -0.2) is 50.6 Å². The van der Waals surface area contributed by atoms with E-state index in [9.17, 15) is 4.79 Å². The van der Waals surface area contributed by atoms with Crippen molar-refractivity contribution in [2.75, 3.05) is 19.6 Å². The van der Waals surface area contributed by atoms with E-state index in [2.05, 4.69) is 63.5 Å². The maximum atomic E-state index is 13.4. The quantitative estimate of drug-likeness (QED) is 0.387. The number of amides is 1. The number of likely N-dealkylation sites (tertiary alicyclic amines) is 1. The number of rotatable bonds is 6. The van der Waals surface area contributed by atoms with Crippen molar-refractivity contribution in [3.05, 3.63) is 72.8 Å². The first-order valence-electron chi connectivity index (χ1n) is 13.6. The molecule has 0 unspecified atom stereocenters. The Morgan fingerprint density at radius 2 is 1.86 bits per heavy atom. The SMILES string of the molecule is C=Cn1c(-c2ccc(-c3ccccc3)n2CC2CC2)nc2cc(C(=O)N3CC[C@@H]4CCN[C@@H]4C3)ccc21. The summed E-state index contributed by atoms with van der Waals surface area (Å²) in [4.78, 5) is 20.5. The number of piperidine rings is 1. The van der Waals surface area contributed by atoms with Gasteiger partial charge in [0.2, 0.25) is 0 Å². The molecular weight excluding hydrogens is 458 g/mol. The molecule has 188 valence electrons. The zero-order chi connectivity index (χ0) is 24.9. The van der Waals surface area contributed by atoms with Crippen molar-refractivity contribution in [1.82, 2.24) is 24.3 Å². The molecular formula is C31H33N5O. The lowest BCUT2D eigenvalue weighted by atomic mass is 9.92. The summed E-state index contributed by atoms with van der Waals surface area (Å²) in [5, 5.41) is 3.57. The normalized spacial score (nSPS) is 21.4. The van der Waals surface area contributed by atoms with Crippen molar-refractivity contribution >= 4 is 23.1 Å². The lowest BCUT2D eigenvalue weighted by Crippen LogP contribution is -2.48. The van der Waals surface area contributed by atoms with E-state index in [0.29, 0.717) is 17.5 Å². The largest absolute Gasteiger partial charge is 0.338 e. The lowest BCUT2D eigenvalue weighted by Gasteiger charge is -2.35. The van der Waals surface area contributed by atoms with Crippen LogP contribution >= 0.6 is 0 Å². The highest BCUT2D eigenvalue weighted by Crippen LogP contribution is 2.37. The number of nitrogens with one attached hydrogen (secondary N) is 1. The summed E-state index contributed by atoms with van der Waals surface area (Å²) in [7, 11) is 0. The van der Waals surface area contributed by atoms with Gasteiger partial charge in [-0.1, -0.05) is 36.9 Å². The summed E-state index contributed by atoms with van der Waals surface area (Å²) >= 11 is 0. The van der Waals surface area contributed by atoms with Gasteiger partial charge < -0.3 is 14.8 Å². The molecule has 2 saturated heterocycles. The Morgan fingerprint density at radius 3 is 2.68 bits per heavy atom. The zero-order valence-corrected chi connectivity index (χ0v) is 21.1. The first-order valence-corrected chi connectivity index (χ1v) is 13.6. The first kappa shape index (κ1) is 22.5. The minimum Gasteiger partial charge on any atom is -0.338 e. The highest BCUT2D eigenvalue weighted by molar-refractivity contribution is 5.98. The minimum absolute atomic E-state index is 0.104. The van der Waals surface area contributed by atoms with E-state index < -0.39 is 0 Å². The van der Waals surface area contributed by atoms with E-state index >= 15 is 0 Å². The number of carbonyl (C=O) groups is 1. The topological polar surface area (TPSA) is 55.1 Å². The molecule has 3 aliphatic rings. The Kier molecular flexibility index (Phi) is 5.50. The Labute approximate surface area is 217 Å². The van der Waals surface area contributed by atoms with Crippen LogP contribution in [0.15, 0.2) is 67.2 Å². The van der Waals surface area contributed by atoms with Crippen molar-refractivity contribution in [1.29, 1.82) is 0 Å². The molecule has 0 radical (unpaired) electrons. The van der Waals surface area contributed by atoms with Gasteiger partial charge in [0, 0.05) is 43.1 Å². The Hall–Kier alpha value is -3.64. The van der Waals surface area contributed by atoms with Crippen LogP contribution in [0.1, 0.15) is 36.0 Å². The van der Waals surface area contributed by atoms with Gasteiger partial charge in [-0.05, 0) is 80.0 Å². The Morgan fingerprint density at radius 1 is 1.03 bits per heavy atom. The van der Waals surface area contributed by atoms with E-state index in [1.165, 1.54) is 30.5 Å². The number of carbonyl (C=O) groups excluding carboxylic acids is 1. The molecule has 1 amide bonds. The second-order valence-electron chi connectivity index (χ2n) is 10.9. The summed E-state index contributed by atoms with van der Waals surface area (Å²) < 4.78 is 4.48. The van der Waals surface area contributed by atoms with Gasteiger partial charge in [0.25, 0.3) is 5.91 Å². The second kappa shape index (κ2) is 9.03. The molecule has 4 heterocycles. The maximum Gasteiger partial charge on any atom is 0.253 e. The molecule has 1 saturated carbocycles. The van der Waals surface area contributed by atoms with Gasteiger partial charge in [-0.3, -0.25) is 9.36 Å². The summed E-state index contributed by atoms with van der Waals surface area (Å²) in [6.07, 6.45) is 6.71. The number of benzene rings is 2. The third kappa shape index (κ3) is 4.00. The van der Waals surface area contributed by atoms with Gasteiger partial charge in [-0.25, -0.2) is 4.98 Å². The first-order chi connectivity index (χ1) is 18.2. The summed E-state index contributed by atoms with van der Waals surface area (Å²) in [6.45, 7) is 7.79. The fraction of sp³-hybridized carbons (Fsp3) is 0.355. The van der Waals surface area contributed by atoms with Crippen LogP contribution in [-0.2, 0) is 6.54 Å². The molecule has 6 nitrogen and oxygen atoms in total. The molecule has 2 aromatic heterocycles. The highest BCUT2D eigenvalue weighted by atomic mass is 16.2. The summed E-state index contributed by atoms with van der Waals surface area (Å²) in [5.41, 5.74) is 6.02. The fourth-order valence-corrected chi connectivity index (χ4v) is 6.27. The number of imidazole rings is 1. The van der Waals surface area contributed by atoms with E-state index in [0.717, 1.165) is 61.1 Å². The number of hydrogen-bond acceptors (Lipinski definition) is 3. The third-order valence-electron chi connectivity index (χ3n) is 8.50. The van der Waals surface area contributed by atoms with Crippen LogP contribution in [0.5, 0.6) is 0 Å². The molecule has 6 heteroatoms.